The van der Waals surface area contributed by atoms with Crippen LogP contribution in [0.5, 0.6) is 0 Å². The fourth-order valence-corrected chi connectivity index (χ4v) is 3.18. The summed E-state index contributed by atoms with van der Waals surface area (Å²) in [5.41, 5.74) is 6.82. The largest absolute Gasteiger partial charge is 0.383 e. The Bertz CT molecular complexity index is 619. The minimum absolute atomic E-state index is 0.984. The van der Waals surface area contributed by atoms with Crippen LogP contribution in [-0.2, 0) is 6.42 Å². The first-order valence-corrected chi connectivity index (χ1v) is 7.88. The highest BCUT2D eigenvalue weighted by molar-refractivity contribution is 5.56. The molecule has 2 aromatic carbocycles. The van der Waals surface area contributed by atoms with Gasteiger partial charge in [-0.3, -0.25) is 0 Å². The number of rotatable bonds is 4. The molecule has 110 valence electrons. The van der Waals surface area contributed by atoms with Crippen molar-refractivity contribution in [3.8, 4) is 0 Å². The average molecular weight is 280 g/mol. The third kappa shape index (κ3) is 3.21. The van der Waals surface area contributed by atoms with Gasteiger partial charge in [-0.25, -0.2) is 0 Å². The van der Waals surface area contributed by atoms with Gasteiger partial charge in [0.2, 0.25) is 0 Å². The third-order valence-corrected chi connectivity index (χ3v) is 4.29. The maximum absolute atomic E-state index is 3.58. The van der Waals surface area contributed by atoms with E-state index in [-0.39, 0.29) is 0 Å². The molecule has 1 aliphatic heterocycles. The van der Waals surface area contributed by atoms with Crippen molar-refractivity contribution < 1.29 is 0 Å². The van der Waals surface area contributed by atoms with Gasteiger partial charge in [0.1, 0.15) is 0 Å². The van der Waals surface area contributed by atoms with Crippen molar-refractivity contribution in [1.82, 2.24) is 0 Å². The molecule has 1 N–H and O–H groups in total. The Balaban J connectivity index is 1.61. The van der Waals surface area contributed by atoms with Crippen LogP contribution in [0.1, 0.15) is 23.1 Å². The molecule has 2 aromatic rings. The average Bonchev–Trinajstić information content (AvgIpc) is 2.50. The topological polar surface area (TPSA) is 15.3 Å². The minimum Gasteiger partial charge on any atom is -0.383 e. The summed E-state index contributed by atoms with van der Waals surface area (Å²) in [6.45, 7) is 7.53. The molecular weight excluding hydrogens is 256 g/mol. The number of nitrogens with one attached hydrogen (secondary N) is 1. The van der Waals surface area contributed by atoms with E-state index in [0.717, 1.165) is 13.1 Å². The van der Waals surface area contributed by atoms with Crippen molar-refractivity contribution in [1.29, 1.82) is 0 Å². The molecule has 0 amide bonds. The predicted molar refractivity (Wildman–Crippen MR) is 91.4 cm³/mol. The lowest BCUT2D eigenvalue weighted by atomic mass is 10.0. The van der Waals surface area contributed by atoms with E-state index in [2.05, 4.69) is 66.5 Å². The van der Waals surface area contributed by atoms with E-state index in [1.54, 1.807) is 0 Å². The van der Waals surface area contributed by atoms with Gasteiger partial charge >= 0.3 is 0 Å². The first-order chi connectivity index (χ1) is 10.2. The van der Waals surface area contributed by atoms with Gasteiger partial charge in [-0.05, 0) is 49.9 Å². The summed E-state index contributed by atoms with van der Waals surface area (Å²) in [7, 11) is 0. The van der Waals surface area contributed by atoms with Gasteiger partial charge in [0.15, 0.2) is 0 Å². The molecule has 0 unspecified atom stereocenters. The first kappa shape index (κ1) is 14.0. The van der Waals surface area contributed by atoms with Gasteiger partial charge in [-0.15, -0.1) is 0 Å². The molecule has 0 bridgehead atoms. The highest BCUT2D eigenvalue weighted by Crippen LogP contribution is 2.26. The number of hydrogen-bond acceptors (Lipinski definition) is 2. The molecule has 0 atom stereocenters. The fraction of sp³-hybridized carbons (Fsp3) is 0.368. The SMILES string of the molecule is Cc1ccc(NCCN2CCCc3ccccc32)c(C)c1. The Hall–Kier alpha value is -1.96. The summed E-state index contributed by atoms with van der Waals surface area (Å²) in [4.78, 5) is 2.51. The van der Waals surface area contributed by atoms with E-state index in [4.69, 9.17) is 0 Å². The highest BCUT2D eigenvalue weighted by atomic mass is 15.1. The van der Waals surface area contributed by atoms with Gasteiger partial charge in [-0.2, -0.15) is 0 Å². The van der Waals surface area contributed by atoms with E-state index >= 15 is 0 Å². The number of anilines is 2. The van der Waals surface area contributed by atoms with Crippen LogP contribution in [0.15, 0.2) is 42.5 Å². The van der Waals surface area contributed by atoms with Crippen LogP contribution in [0, 0.1) is 13.8 Å². The van der Waals surface area contributed by atoms with Crippen molar-refractivity contribution in [2.75, 3.05) is 29.9 Å². The molecule has 2 nitrogen and oxygen atoms in total. The van der Waals surface area contributed by atoms with E-state index < -0.39 is 0 Å². The number of para-hydroxylation sites is 1. The molecule has 1 aliphatic rings. The number of fused-ring (bicyclic) bond motifs is 1. The zero-order chi connectivity index (χ0) is 14.7. The van der Waals surface area contributed by atoms with E-state index in [1.165, 1.54) is 47.5 Å². The lowest BCUT2D eigenvalue weighted by Crippen LogP contribution is -2.33. The summed E-state index contributed by atoms with van der Waals surface area (Å²) in [5, 5.41) is 3.58. The van der Waals surface area contributed by atoms with Gasteiger partial charge in [0.05, 0.1) is 0 Å². The molecule has 0 radical (unpaired) electrons. The van der Waals surface area contributed by atoms with Crippen molar-refractivity contribution >= 4 is 11.4 Å². The molecule has 0 aliphatic carbocycles. The van der Waals surface area contributed by atoms with Gasteiger partial charge in [0.25, 0.3) is 0 Å². The number of nitrogens with zero attached hydrogens (tertiary/aromatic N) is 1. The van der Waals surface area contributed by atoms with Crippen molar-refractivity contribution in [2.24, 2.45) is 0 Å². The molecule has 3 rings (SSSR count). The molecule has 1 heterocycles. The molecule has 0 fully saturated rings. The third-order valence-electron chi connectivity index (χ3n) is 4.29. The minimum atomic E-state index is 0.984. The van der Waals surface area contributed by atoms with Crippen molar-refractivity contribution in [2.45, 2.75) is 26.7 Å². The summed E-state index contributed by atoms with van der Waals surface area (Å²) in [6, 6.07) is 15.4. The Kier molecular flexibility index (Phi) is 4.14. The normalized spacial score (nSPS) is 13.9. The van der Waals surface area contributed by atoms with E-state index in [0.29, 0.717) is 0 Å². The van der Waals surface area contributed by atoms with Crippen LogP contribution in [0.4, 0.5) is 11.4 Å². The van der Waals surface area contributed by atoms with Crippen molar-refractivity contribution in [3.05, 3.63) is 59.2 Å². The monoisotopic (exact) mass is 280 g/mol. The summed E-state index contributed by atoms with van der Waals surface area (Å²) in [6.07, 6.45) is 2.48. The second-order valence-corrected chi connectivity index (χ2v) is 5.96. The van der Waals surface area contributed by atoms with Crippen LogP contribution in [0.25, 0.3) is 0 Å². The number of aryl methyl sites for hydroxylation is 3. The van der Waals surface area contributed by atoms with Crippen LogP contribution in [-0.4, -0.2) is 19.6 Å². The van der Waals surface area contributed by atoms with Crippen molar-refractivity contribution in [3.63, 3.8) is 0 Å². The zero-order valence-corrected chi connectivity index (χ0v) is 13.0. The molecule has 0 spiro atoms. The molecule has 0 saturated carbocycles. The molecule has 21 heavy (non-hydrogen) atoms. The summed E-state index contributed by atoms with van der Waals surface area (Å²) >= 11 is 0. The Morgan fingerprint density at radius 2 is 1.95 bits per heavy atom. The zero-order valence-electron chi connectivity index (χ0n) is 13.0. The van der Waals surface area contributed by atoms with Gasteiger partial charge < -0.3 is 10.2 Å². The van der Waals surface area contributed by atoms with Crippen LogP contribution >= 0.6 is 0 Å². The standard InChI is InChI=1S/C19H24N2/c1-15-9-10-18(16(2)14-15)20-11-13-21-12-5-7-17-6-3-4-8-19(17)21/h3-4,6,8-10,14,20H,5,7,11-13H2,1-2H3. The van der Waals surface area contributed by atoms with Gasteiger partial charge in [0, 0.05) is 31.0 Å². The fourth-order valence-electron chi connectivity index (χ4n) is 3.18. The Morgan fingerprint density at radius 3 is 2.81 bits per heavy atom. The highest BCUT2D eigenvalue weighted by Gasteiger charge is 2.15. The maximum atomic E-state index is 3.58. The lowest BCUT2D eigenvalue weighted by Gasteiger charge is -2.31. The van der Waals surface area contributed by atoms with Crippen LogP contribution in [0.3, 0.4) is 0 Å². The predicted octanol–water partition coefficient (Wildman–Crippen LogP) is 4.17. The summed E-state index contributed by atoms with van der Waals surface area (Å²) in [5.74, 6) is 0. The quantitative estimate of drug-likeness (QED) is 0.904. The Morgan fingerprint density at radius 1 is 1.10 bits per heavy atom. The summed E-state index contributed by atoms with van der Waals surface area (Å²) < 4.78 is 0. The molecule has 2 heteroatoms. The van der Waals surface area contributed by atoms with Crippen LogP contribution in [0.2, 0.25) is 0 Å². The number of benzene rings is 2. The maximum Gasteiger partial charge on any atom is 0.0399 e. The second-order valence-electron chi connectivity index (χ2n) is 5.96. The number of hydrogen-bond donors (Lipinski definition) is 1. The molecule has 0 aromatic heterocycles. The van der Waals surface area contributed by atoms with Gasteiger partial charge in [-0.1, -0.05) is 35.9 Å². The first-order valence-electron chi connectivity index (χ1n) is 7.88. The van der Waals surface area contributed by atoms with E-state index in [9.17, 15) is 0 Å². The van der Waals surface area contributed by atoms with E-state index in [1.807, 2.05) is 0 Å². The second kappa shape index (κ2) is 6.21. The van der Waals surface area contributed by atoms with Crippen LogP contribution < -0.4 is 10.2 Å². The lowest BCUT2D eigenvalue weighted by molar-refractivity contribution is 0.698. The molecular formula is C19H24N2. The Labute approximate surface area is 127 Å². The molecule has 0 saturated heterocycles. The smallest absolute Gasteiger partial charge is 0.0399 e.